The third-order valence-electron chi connectivity index (χ3n) is 6.66. The van der Waals surface area contributed by atoms with Gasteiger partial charge in [-0.15, -0.1) is 0 Å². The predicted molar refractivity (Wildman–Crippen MR) is 97.1 cm³/mol. The van der Waals surface area contributed by atoms with Gasteiger partial charge in [-0.2, -0.15) is 0 Å². The van der Waals surface area contributed by atoms with E-state index < -0.39 is 0 Å². The molecule has 1 aromatic rings. The number of carbonyl (C=O) groups is 1. The SMILES string of the molecule is CCN1C(=O)c2ccccc2C12CCN(CC1CCCCC1)CC2. The highest BCUT2D eigenvalue weighted by atomic mass is 16.2. The maximum atomic E-state index is 12.8. The zero-order chi connectivity index (χ0) is 16.6. The summed E-state index contributed by atoms with van der Waals surface area (Å²) in [6.45, 7) is 6.48. The molecule has 0 radical (unpaired) electrons. The van der Waals surface area contributed by atoms with Gasteiger partial charge in [-0.05, 0) is 50.2 Å². The third-order valence-corrected chi connectivity index (χ3v) is 6.66. The van der Waals surface area contributed by atoms with Crippen molar-refractivity contribution in [1.29, 1.82) is 0 Å². The Morgan fingerprint density at radius 2 is 1.79 bits per heavy atom. The van der Waals surface area contributed by atoms with Crippen molar-refractivity contribution in [1.82, 2.24) is 9.80 Å². The molecule has 4 rings (SSSR count). The molecule has 130 valence electrons. The Morgan fingerprint density at radius 3 is 2.50 bits per heavy atom. The quantitative estimate of drug-likeness (QED) is 0.837. The molecule has 0 atom stereocenters. The van der Waals surface area contributed by atoms with Gasteiger partial charge in [0, 0.05) is 31.7 Å². The molecule has 1 aromatic carbocycles. The van der Waals surface area contributed by atoms with E-state index >= 15 is 0 Å². The van der Waals surface area contributed by atoms with Gasteiger partial charge in [0.2, 0.25) is 0 Å². The van der Waals surface area contributed by atoms with Crippen LogP contribution >= 0.6 is 0 Å². The highest BCUT2D eigenvalue weighted by Gasteiger charge is 2.49. The first-order chi connectivity index (χ1) is 11.7. The number of nitrogens with zero attached hydrogens (tertiary/aromatic N) is 2. The monoisotopic (exact) mass is 326 g/mol. The lowest BCUT2D eigenvalue weighted by atomic mass is 9.80. The van der Waals surface area contributed by atoms with E-state index in [9.17, 15) is 4.79 Å². The second-order valence-electron chi connectivity index (χ2n) is 7.93. The zero-order valence-electron chi connectivity index (χ0n) is 15.0. The van der Waals surface area contributed by atoms with Crippen LogP contribution in [0.5, 0.6) is 0 Å². The van der Waals surface area contributed by atoms with Crippen molar-refractivity contribution in [2.24, 2.45) is 5.92 Å². The van der Waals surface area contributed by atoms with Crippen LogP contribution in [0.25, 0.3) is 0 Å². The number of hydrogen-bond donors (Lipinski definition) is 0. The van der Waals surface area contributed by atoms with Gasteiger partial charge in [-0.1, -0.05) is 37.5 Å². The summed E-state index contributed by atoms with van der Waals surface area (Å²) < 4.78 is 0. The van der Waals surface area contributed by atoms with Crippen molar-refractivity contribution in [2.75, 3.05) is 26.2 Å². The normalized spacial score (nSPS) is 24.5. The Kier molecular flexibility index (Phi) is 4.38. The van der Waals surface area contributed by atoms with Crippen LogP contribution in [0.3, 0.4) is 0 Å². The van der Waals surface area contributed by atoms with E-state index in [1.807, 2.05) is 12.1 Å². The number of carbonyl (C=O) groups excluding carboxylic acids is 1. The largest absolute Gasteiger partial charge is 0.329 e. The van der Waals surface area contributed by atoms with Crippen LogP contribution in [-0.4, -0.2) is 41.9 Å². The minimum absolute atomic E-state index is 0.0362. The second-order valence-corrected chi connectivity index (χ2v) is 7.93. The van der Waals surface area contributed by atoms with E-state index in [1.165, 1.54) is 44.2 Å². The van der Waals surface area contributed by atoms with Gasteiger partial charge in [0.15, 0.2) is 0 Å². The first-order valence-corrected chi connectivity index (χ1v) is 9.88. The lowest BCUT2D eigenvalue weighted by molar-refractivity contribution is 0.0250. The van der Waals surface area contributed by atoms with Crippen molar-refractivity contribution >= 4 is 5.91 Å². The van der Waals surface area contributed by atoms with Crippen molar-refractivity contribution in [2.45, 2.75) is 57.4 Å². The highest BCUT2D eigenvalue weighted by molar-refractivity contribution is 6.00. The average Bonchev–Trinajstić information content (AvgIpc) is 2.86. The molecule has 1 spiro atoms. The summed E-state index contributed by atoms with van der Waals surface area (Å²) in [5.74, 6) is 1.15. The average molecular weight is 326 g/mol. The Morgan fingerprint density at radius 1 is 1.08 bits per heavy atom. The van der Waals surface area contributed by atoms with E-state index in [1.54, 1.807) is 0 Å². The van der Waals surface area contributed by atoms with Crippen molar-refractivity contribution in [3.63, 3.8) is 0 Å². The Balaban J connectivity index is 1.49. The summed E-state index contributed by atoms with van der Waals surface area (Å²) >= 11 is 0. The lowest BCUT2D eigenvalue weighted by Gasteiger charge is -2.46. The van der Waals surface area contributed by atoms with Crippen LogP contribution in [0.15, 0.2) is 24.3 Å². The lowest BCUT2D eigenvalue weighted by Crippen LogP contribution is -2.52. The van der Waals surface area contributed by atoms with Crippen LogP contribution in [0.2, 0.25) is 0 Å². The van der Waals surface area contributed by atoms with Crippen LogP contribution in [0.1, 0.15) is 67.8 Å². The Labute approximate surface area is 146 Å². The van der Waals surface area contributed by atoms with Gasteiger partial charge in [0.05, 0.1) is 5.54 Å². The van der Waals surface area contributed by atoms with Gasteiger partial charge >= 0.3 is 0 Å². The number of fused-ring (bicyclic) bond motifs is 2. The standard InChI is InChI=1S/C21H30N2O/c1-2-23-20(24)18-10-6-7-11-19(18)21(23)12-14-22(15-13-21)16-17-8-4-3-5-9-17/h6-7,10-11,17H,2-5,8-9,12-16H2,1H3. The molecule has 1 saturated carbocycles. The van der Waals surface area contributed by atoms with Gasteiger partial charge < -0.3 is 9.80 Å². The molecule has 1 aliphatic carbocycles. The number of piperidine rings is 1. The van der Waals surface area contributed by atoms with Crippen molar-refractivity contribution in [3.05, 3.63) is 35.4 Å². The predicted octanol–water partition coefficient (Wildman–Crippen LogP) is 4.03. The van der Waals surface area contributed by atoms with Crippen molar-refractivity contribution in [3.8, 4) is 0 Å². The summed E-state index contributed by atoms with van der Waals surface area (Å²) in [6.07, 6.45) is 9.31. The Hall–Kier alpha value is -1.35. The molecule has 1 amide bonds. The highest BCUT2D eigenvalue weighted by Crippen LogP contribution is 2.46. The molecule has 0 N–H and O–H groups in total. The summed E-state index contributed by atoms with van der Waals surface area (Å²) in [7, 11) is 0. The van der Waals surface area contributed by atoms with Gasteiger partial charge in [0.1, 0.15) is 0 Å². The molecule has 0 bridgehead atoms. The van der Waals surface area contributed by atoms with E-state index in [2.05, 4.69) is 28.9 Å². The molecule has 0 unspecified atom stereocenters. The van der Waals surface area contributed by atoms with Crippen molar-refractivity contribution < 1.29 is 4.79 Å². The maximum absolute atomic E-state index is 12.8. The molecular formula is C21H30N2O. The minimum atomic E-state index is -0.0362. The van der Waals surface area contributed by atoms with E-state index in [-0.39, 0.29) is 11.4 Å². The summed E-state index contributed by atoms with van der Waals surface area (Å²) in [5, 5.41) is 0. The molecule has 2 fully saturated rings. The fraction of sp³-hybridized carbons (Fsp3) is 0.667. The number of hydrogen-bond acceptors (Lipinski definition) is 2. The smallest absolute Gasteiger partial charge is 0.254 e. The van der Waals surface area contributed by atoms with Gasteiger partial charge in [-0.3, -0.25) is 4.79 Å². The number of rotatable bonds is 3. The summed E-state index contributed by atoms with van der Waals surface area (Å²) in [5.41, 5.74) is 2.19. The molecule has 3 heteroatoms. The molecule has 3 aliphatic rings. The zero-order valence-corrected chi connectivity index (χ0v) is 15.0. The van der Waals surface area contributed by atoms with Crippen LogP contribution < -0.4 is 0 Å². The van der Waals surface area contributed by atoms with E-state index in [4.69, 9.17) is 0 Å². The molecule has 0 aromatic heterocycles. The summed E-state index contributed by atoms with van der Waals surface area (Å²) in [4.78, 5) is 17.6. The summed E-state index contributed by atoms with van der Waals surface area (Å²) in [6, 6.07) is 8.31. The van der Waals surface area contributed by atoms with Gasteiger partial charge in [0.25, 0.3) is 5.91 Å². The molecule has 3 nitrogen and oxygen atoms in total. The first kappa shape index (κ1) is 16.1. The van der Waals surface area contributed by atoms with Crippen LogP contribution in [-0.2, 0) is 5.54 Å². The van der Waals surface area contributed by atoms with E-state index in [0.717, 1.165) is 44.0 Å². The van der Waals surface area contributed by atoms with E-state index in [0.29, 0.717) is 0 Å². The Bertz CT molecular complexity index is 598. The minimum Gasteiger partial charge on any atom is -0.329 e. The maximum Gasteiger partial charge on any atom is 0.254 e. The molecule has 1 saturated heterocycles. The van der Waals surface area contributed by atoms with Gasteiger partial charge in [-0.25, -0.2) is 0 Å². The number of likely N-dealkylation sites (tertiary alicyclic amines) is 1. The van der Waals surface area contributed by atoms with Crippen LogP contribution in [0.4, 0.5) is 0 Å². The fourth-order valence-electron chi connectivity index (χ4n) is 5.39. The number of amides is 1. The first-order valence-electron chi connectivity index (χ1n) is 9.88. The van der Waals surface area contributed by atoms with Crippen LogP contribution in [0, 0.1) is 5.92 Å². The molecule has 2 heterocycles. The molecule has 24 heavy (non-hydrogen) atoms. The second kappa shape index (κ2) is 6.51. The topological polar surface area (TPSA) is 23.6 Å². The number of benzene rings is 1. The third kappa shape index (κ3) is 2.57. The molecular weight excluding hydrogens is 296 g/mol. The molecule has 2 aliphatic heterocycles. The fourth-order valence-corrected chi connectivity index (χ4v) is 5.39.